The summed E-state index contributed by atoms with van der Waals surface area (Å²) in [5.41, 5.74) is 0. The summed E-state index contributed by atoms with van der Waals surface area (Å²) in [5.74, 6) is 1.01. The second-order valence-corrected chi connectivity index (χ2v) is 6.01. The van der Waals surface area contributed by atoms with E-state index in [0.717, 1.165) is 12.8 Å². The predicted molar refractivity (Wildman–Crippen MR) is 68.5 cm³/mol. The third-order valence-electron chi connectivity index (χ3n) is 3.19. The van der Waals surface area contributed by atoms with E-state index in [1.54, 1.807) is 6.20 Å². The normalized spacial score (nSPS) is 29.1. The maximum atomic E-state index is 13.6. The highest BCUT2D eigenvalue weighted by Crippen LogP contribution is 2.31. The molecule has 0 saturated heterocycles. The Morgan fingerprint density at radius 1 is 1.29 bits per heavy atom. The summed E-state index contributed by atoms with van der Waals surface area (Å²) >= 11 is 3.18. The highest BCUT2D eigenvalue weighted by Gasteiger charge is 2.26. The molecule has 1 aromatic rings. The van der Waals surface area contributed by atoms with Gasteiger partial charge in [-0.15, -0.1) is 0 Å². The Morgan fingerprint density at radius 2 is 1.94 bits per heavy atom. The summed E-state index contributed by atoms with van der Waals surface area (Å²) in [4.78, 5) is 3.98. The van der Waals surface area contributed by atoms with Gasteiger partial charge in [0.25, 0.3) is 5.88 Å². The van der Waals surface area contributed by atoms with Crippen LogP contribution in [0.15, 0.2) is 16.7 Å². The minimum atomic E-state index is -0.398. The molecule has 0 bridgehead atoms. The lowest BCUT2D eigenvalue weighted by atomic mass is 9.82. The first-order chi connectivity index (χ1) is 8.04. The number of rotatable bonds is 2. The van der Waals surface area contributed by atoms with Gasteiger partial charge in [-0.3, -0.25) is 0 Å². The van der Waals surface area contributed by atoms with Crippen molar-refractivity contribution in [2.45, 2.75) is 39.2 Å². The second-order valence-electron chi connectivity index (χ2n) is 5.10. The van der Waals surface area contributed by atoms with Crippen LogP contribution in [0.25, 0.3) is 0 Å². The first kappa shape index (κ1) is 12.8. The number of nitrogens with zero attached hydrogens (tertiary/aromatic N) is 1. The molecule has 1 aliphatic rings. The highest BCUT2D eigenvalue weighted by atomic mass is 79.9. The molecule has 0 N–H and O–H groups in total. The Bertz CT molecular complexity index is 389. The number of hydrogen-bond donors (Lipinski definition) is 0. The number of hydrogen-bond acceptors (Lipinski definition) is 2. The van der Waals surface area contributed by atoms with Gasteiger partial charge < -0.3 is 4.74 Å². The molecule has 4 heteroatoms. The van der Waals surface area contributed by atoms with E-state index in [1.807, 2.05) is 0 Å². The predicted octanol–water partition coefficient (Wildman–Crippen LogP) is 4.19. The molecule has 17 heavy (non-hydrogen) atoms. The van der Waals surface area contributed by atoms with E-state index in [1.165, 1.54) is 12.5 Å². The molecule has 0 aromatic carbocycles. The van der Waals surface area contributed by atoms with Crippen LogP contribution in [0.2, 0.25) is 0 Å². The van der Waals surface area contributed by atoms with Crippen LogP contribution in [0.1, 0.15) is 33.1 Å². The van der Waals surface area contributed by atoms with Gasteiger partial charge in [-0.05, 0) is 53.1 Å². The van der Waals surface area contributed by atoms with Crippen molar-refractivity contribution in [3.8, 4) is 5.88 Å². The fraction of sp³-hybridized carbons (Fsp3) is 0.615. The smallest absolute Gasteiger partial charge is 0.250 e. The van der Waals surface area contributed by atoms with E-state index in [9.17, 15) is 4.39 Å². The summed E-state index contributed by atoms with van der Waals surface area (Å²) in [7, 11) is 0. The maximum absolute atomic E-state index is 13.6. The minimum Gasteiger partial charge on any atom is -0.472 e. The van der Waals surface area contributed by atoms with Gasteiger partial charge in [0.1, 0.15) is 6.10 Å². The number of halogens is 2. The van der Waals surface area contributed by atoms with E-state index >= 15 is 0 Å². The molecule has 2 atom stereocenters. The average Bonchev–Trinajstić information content (AvgIpc) is 2.21. The van der Waals surface area contributed by atoms with Crippen molar-refractivity contribution in [2.24, 2.45) is 11.8 Å². The first-order valence-electron chi connectivity index (χ1n) is 6.02. The SMILES string of the molecule is CC1CC(C)CC(Oc2ncc(Br)cc2F)C1. The van der Waals surface area contributed by atoms with Crippen LogP contribution in [0.4, 0.5) is 4.39 Å². The topological polar surface area (TPSA) is 22.1 Å². The fourth-order valence-electron chi connectivity index (χ4n) is 2.62. The van der Waals surface area contributed by atoms with Crippen LogP contribution in [-0.4, -0.2) is 11.1 Å². The molecule has 1 aliphatic carbocycles. The molecule has 1 fully saturated rings. The molecular formula is C13H17BrFNO. The molecule has 1 aromatic heterocycles. The third kappa shape index (κ3) is 3.41. The quantitative estimate of drug-likeness (QED) is 0.817. The minimum absolute atomic E-state index is 0.0944. The van der Waals surface area contributed by atoms with Crippen molar-refractivity contribution in [3.05, 3.63) is 22.6 Å². The van der Waals surface area contributed by atoms with Gasteiger partial charge in [0.2, 0.25) is 0 Å². The zero-order valence-electron chi connectivity index (χ0n) is 10.1. The van der Waals surface area contributed by atoms with Crippen LogP contribution < -0.4 is 4.74 Å². The summed E-state index contributed by atoms with van der Waals surface area (Å²) < 4.78 is 19.9. The van der Waals surface area contributed by atoms with Crippen molar-refractivity contribution in [3.63, 3.8) is 0 Å². The second kappa shape index (κ2) is 5.34. The zero-order valence-corrected chi connectivity index (χ0v) is 11.7. The van der Waals surface area contributed by atoms with Gasteiger partial charge in [0, 0.05) is 10.7 Å². The molecule has 0 spiro atoms. The summed E-state index contributed by atoms with van der Waals surface area (Å²) in [5, 5.41) is 0. The monoisotopic (exact) mass is 301 g/mol. The van der Waals surface area contributed by atoms with E-state index < -0.39 is 5.82 Å². The van der Waals surface area contributed by atoms with E-state index in [2.05, 4.69) is 34.8 Å². The Labute approximate surface area is 110 Å². The molecule has 2 nitrogen and oxygen atoms in total. The van der Waals surface area contributed by atoms with Crippen LogP contribution in [0.3, 0.4) is 0 Å². The molecule has 2 unspecified atom stereocenters. The van der Waals surface area contributed by atoms with Gasteiger partial charge in [0.05, 0.1) is 0 Å². The lowest BCUT2D eigenvalue weighted by Gasteiger charge is -2.31. The van der Waals surface area contributed by atoms with E-state index in [-0.39, 0.29) is 12.0 Å². The van der Waals surface area contributed by atoms with Crippen molar-refractivity contribution in [1.29, 1.82) is 0 Å². The number of pyridine rings is 1. The summed E-state index contributed by atoms with van der Waals surface area (Å²) in [6, 6.07) is 1.39. The van der Waals surface area contributed by atoms with Crippen molar-refractivity contribution in [2.75, 3.05) is 0 Å². The van der Waals surface area contributed by atoms with Crippen LogP contribution in [-0.2, 0) is 0 Å². The Hall–Kier alpha value is -0.640. The first-order valence-corrected chi connectivity index (χ1v) is 6.81. The van der Waals surface area contributed by atoms with Crippen molar-refractivity contribution >= 4 is 15.9 Å². The van der Waals surface area contributed by atoms with Crippen LogP contribution >= 0.6 is 15.9 Å². The maximum Gasteiger partial charge on any atom is 0.250 e. The van der Waals surface area contributed by atoms with E-state index in [0.29, 0.717) is 16.3 Å². The molecule has 94 valence electrons. The molecule has 1 heterocycles. The number of aromatic nitrogens is 1. The average molecular weight is 302 g/mol. The lowest BCUT2D eigenvalue weighted by molar-refractivity contribution is 0.0923. The Balaban J connectivity index is 2.04. The molecular weight excluding hydrogens is 285 g/mol. The molecule has 2 rings (SSSR count). The summed E-state index contributed by atoms with van der Waals surface area (Å²) in [6.07, 6.45) is 4.87. The fourth-order valence-corrected chi connectivity index (χ4v) is 2.92. The lowest BCUT2D eigenvalue weighted by Crippen LogP contribution is -2.29. The standard InChI is InChI=1S/C13H17BrFNO/c1-8-3-9(2)5-11(4-8)17-13-12(15)6-10(14)7-16-13/h6-9,11H,3-5H2,1-2H3. The molecule has 0 aliphatic heterocycles. The molecule has 0 amide bonds. The molecule has 1 saturated carbocycles. The number of ether oxygens (including phenoxy) is 1. The van der Waals surface area contributed by atoms with Gasteiger partial charge in [-0.2, -0.15) is 0 Å². The van der Waals surface area contributed by atoms with Crippen molar-refractivity contribution < 1.29 is 9.13 Å². The van der Waals surface area contributed by atoms with Crippen LogP contribution in [0, 0.1) is 17.7 Å². The zero-order chi connectivity index (χ0) is 12.4. The van der Waals surface area contributed by atoms with Gasteiger partial charge >= 0.3 is 0 Å². The summed E-state index contributed by atoms with van der Waals surface area (Å²) in [6.45, 7) is 4.44. The van der Waals surface area contributed by atoms with Crippen LogP contribution in [0.5, 0.6) is 5.88 Å². The van der Waals surface area contributed by atoms with E-state index in [4.69, 9.17) is 4.74 Å². The Kier molecular flexibility index (Phi) is 4.02. The van der Waals surface area contributed by atoms with Gasteiger partial charge in [-0.25, -0.2) is 9.37 Å². The Morgan fingerprint density at radius 3 is 2.53 bits per heavy atom. The molecule has 0 radical (unpaired) electrons. The van der Waals surface area contributed by atoms with Crippen molar-refractivity contribution in [1.82, 2.24) is 4.98 Å². The highest BCUT2D eigenvalue weighted by molar-refractivity contribution is 9.10. The van der Waals surface area contributed by atoms with Gasteiger partial charge in [0.15, 0.2) is 5.82 Å². The largest absolute Gasteiger partial charge is 0.472 e. The third-order valence-corrected chi connectivity index (χ3v) is 3.62. The van der Waals surface area contributed by atoms with Gasteiger partial charge in [-0.1, -0.05) is 13.8 Å².